The van der Waals surface area contributed by atoms with Crippen molar-refractivity contribution in [2.75, 3.05) is 0 Å². The van der Waals surface area contributed by atoms with Crippen LogP contribution in [0, 0.1) is 0 Å². The van der Waals surface area contributed by atoms with E-state index in [0.717, 1.165) is 19.3 Å². The molecule has 2 rings (SSSR count). The molecule has 1 aliphatic rings. The number of halogens is 1. The van der Waals surface area contributed by atoms with E-state index in [1.165, 1.54) is 18.5 Å². The normalized spacial score (nSPS) is 21.6. The lowest BCUT2D eigenvalue weighted by molar-refractivity contribution is 0.0490. The SMILES string of the molecule is CC(C)(C)OC(=O)NC1CCCC(NS(=O)(=O)c2cncc(Br)c2)C1. The third-order valence-electron chi connectivity index (χ3n) is 3.71. The zero-order chi connectivity index (χ0) is 18.7. The molecule has 0 spiro atoms. The van der Waals surface area contributed by atoms with Crippen LogP contribution >= 0.6 is 15.9 Å². The first-order chi connectivity index (χ1) is 11.5. The zero-order valence-corrected chi connectivity index (χ0v) is 17.0. The third kappa shape index (κ3) is 6.56. The minimum absolute atomic E-state index is 0.114. The van der Waals surface area contributed by atoms with E-state index in [-0.39, 0.29) is 17.0 Å². The van der Waals surface area contributed by atoms with Crippen LogP contribution in [0.25, 0.3) is 0 Å². The molecule has 1 saturated carbocycles. The van der Waals surface area contributed by atoms with E-state index in [9.17, 15) is 13.2 Å². The van der Waals surface area contributed by atoms with Crippen LogP contribution in [0.1, 0.15) is 46.5 Å². The van der Waals surface area contributed by atoms with Gasteiger partial charge in [-0.3, -0.25) is 4.98 Å². The maximum Gasteiger partial charge on any atom is 0.407 e. The number of sulfonamides is 1. The predicted octanol–water partition coefficient (Wildman–Crippen LogP) is 2.96. The monoisotopic (exact) mass is 433 g/mol. The summed E-state index contributed by atoms with van der Waals surface area (Å²) < 4.78 is 33.5. The summed E-state index contributed by atoms with van der Waals surface area (Å²) in [5.41, 5.74) is -0.562. The molecule has 0 bridgehead atoms. The van der Waals surface area contributed by atoms with Gasteiger partial charge in [0.25, 0.3) is 0 Å². The van der Waals surface area contributed by atoms with Gasteiger partial charge >= 0.3 is 6.09 Å². The lowest BCUT2D eigenvalue weighted by atomic mass is 9.92. The number of amides is 1. The van der Waals surface area contributed by atoms with Gasteiger partial charge in [0, 0.05) is 29.0 Å². The highest BCUT2D eigenvalue weighted by Gasteiger charge is 2.28. The quantitative estimate of drug-likeness (QED) is 0.760. The summed E-state index contributed by atoms with van der Waals surface area (Å²) in [6, 6.07) is 1.16. The lowest BCUT2D eigenvalue weighted by Gasteiger charge is -2.31. The Bertz CT molecular complexity index is 718. The molecule has 1 amide bonds. The fraction of sp³-hybridized carbons (Fsp3) is 0.625. The minimum atomic E-state index is -3.65. The Labute approximate surface area is 157 Å². The van der Waals surface area contributed by atoms with Crippen molar-refractivity contribution in [1.82, 2.24) is 15.0 Å². The van der Waals surface area contributed by atoms with E-state index < -0.39 is 21.7 Å². The molecule has 9 heteroatoms. The number of aromatic nitrogens is 1. The molecule has 0 saturated heterocycles. The second kappa shape index (κ2) is 8.01. The Hall–Kier alpha value is -1.19. The van der Waals surface area contributed by atoms with Gasteiger partial charge in [0.15, 0.2) is 0 Å². The van der Waals surface area contributed by atoms with Crippen LogP contribution in [-0.2, 0) is 14.8 Å². The summed E-state index contributed by atoms with van der Waals surface area (Å²) in [6.07, 6.45) is 5.25. The summed E-state index contributed by atoms with van der Waals surface area (Å²) in [4.78, 5) is 15.9. The maximum absolute atomic E-state index is 12.5. The first kappa shape index (κ1) is 20.1. The Morgan fingerprint density at radius 3 is 2.60 bits per heavy atom. The number of ether oxygens (including phenoxy) is 1. The number of carbonyl (C=O) groups is 1. The molecular weight excluding hydrogens is 410 g/mol. The lowest BCUT2D eigenvalue weighted by Crippen LogP contribution is -2.46. The Morgan fingerprint density at radius 2 is 1.96 bits per heavy atom. The summed E-state index contributed by atoms with van der Waals surface area (Å²) in [5, 5.41) is 2.82. The minimum Gasteiger partial charge on any atom is -0.444 e. The van der Waals surface area contributed by atoms with E-state index in [2.05, 4.69) is 31.0 Å². The molecule has 25 heavy (non-hydrogen) atoms. The van der Waals surface area contributed by atoms with Crippen molar-refractivity contribution in [2.45, 2.75) is 69.0 Å². The average molecular weight is 434 g/mol. The Kier molecular flexibility index (Phi) is 6.45. The summed E-state index contributed by atoms with van der Waals surface area (Å²) in [7, 11) is -3.65. The number of rotatable bonds is 4. The van der Waals surface area contributed by atoms with Crippen LogP contribution in [0.5, 0.6) is 0 Å². The van der Waals surface area contributed by atoms with Gasteiger partial charge in [0.2, 0.25) is 10.0 Å². The smallest absolute Gasteiger partial charge is 0.407 e. The molecule has 1 aromatic rings. The second-order valence-electron chi connectivity index (χ2n) is 7.17. The van der Waals surface area contributed by atoms with Gasteiger partial charge < -0.3 is 10.1 Å². The first-order valence-electron chi connectivity index (χ1n) is 8.17. The van der Waals surface area contributed by atoms with E-state index in [1.807, 2.05) is 0 Å². The molecule has 2 N–H and O–H groups in total. The van der Waals surface area contributed by atoms with Crippen LogP contribution in [0.2, 0.25) is 0 Å². The molecular formula is C16H24BrN3O4S. The van der Waals surface area contributed by atoms with Crippen LogP contribution < -0.4 is 10.0 Å². The van der Waals surface area contributed by atoms with Crippen molar-refractivity contribution in [3.63, 3.8) is 0 Å². The van der Waals surface area contributed by atoms with Crippen molar-refractivity contribution in [2.24, 2.45) is 0 Å². The van der Waals surface area contributed by atoms with Crippen molar-refractivity contribution >= 4 is 32.0 Å². The number of carbonyl (C=O) groups excluding carboxylic acids is 1. The van der Waals surface area contributed by atoms with E-state index in [4.69, 9.17) is 4.74 Å². The van der Waals surface area contributed by atoms with Crippen LogP contribution in [0.3, 0.4) is 0 Å². The Morgan fingerprint density at radius 1 is 1.28 bits per heavy atom. The van der Waals surface area contributed by atoms with Crippen LogP contribution in [0.4, 0.5) is 4.79 Å². The molecule has 1 fully saturated rings. The molecule has 0 aromatic carbocycles. The fourth-order valence-electron chi connectivity index (χ4n) is 2.73. The second-order valence-corrected chi connectivity index (χ2v) is 9.80. The van der Waals surface area contributed by atoms with Crippen molar-refractivity contribution < 1.29 is 17.9 Å². The van der Waals surface area contributed by atoms with Crippen LogP contribution in [-0.4, -0.2) is 37.2 Å². The number of hydrogen-bond acceptors (Lipinski definition) is 5. The average Bonchev–Trinajstić information content (AvgIpc) is 2.45. The standard InChI is InChI=1S/C16H24BrN3O4S/c1-16(2,3)24-15(21)19-12-5-4-6-13(8-12)20-25(22,23)14-7-11(17)9-18-10-14/h7,9-10,12-13,20H,4-6,8H2,1-3H3,(H,19,21). The highest BCUT2D eigenvalue weighted by molar-refractivity contribution is 9.10. The van der Waals surface area contributed by atoms with E-state index >= 15 is 0 Å². The number of hydrogen-bond donors (Lipinski definition) is 2. The van der Waals surface area contributed by atoms with Crippen molar-refractivity contribution in [1.29, 1.82) is 0 Å². The molecule has 1 heterocycles. The maximum atomic E-state index is 12.5. The zero-order valence-electron chi connectivity index (χ0n) is 14.6. The molecule has 2 unspecified atom stereocenters. The Balaban J connectivity index is 1.96. The molecule has 1 aliphatic carbocycles. The van der Waals surface area contributed by atoms with Gasteiger partial charge in [0.1, 0.15) is 10.5 Å². The highest BCUT2D eigenvalue weighted by Crippen LogP contribution is 2.22. The van der Waals surface area contributed by atoms with Crippen molar-refractivity contribution in [3.8, 4) is 0 Å². The van der Waals surface area contributed by atoms with Gasteiger partial charge in [-0.05, 0) is 68.5 Å². The van der Waals surface area contributed by atoms with Crippen LogP contribution in [0.15, 0.2) is 27.8 Å². The summed E-state index contributed by atoms with van der Waals surface area (Å²) in [6.45, 7) is 5.41. The third-order valence-corrected chi connectivity index (χ3v) is 5.63. The van der Waals surface area contributed by atoms with Gasteiger partial charge in [-0.15, -0.1) is 0 Å². The molecule has 2 atom stereocenters. The topological polar surface area (TPSA) is 97.4 Å². The van der Waals surface area contributed by atoms with E-state index in [1.54, 1.807) is 20.8 Å². The molecule has 140 valence electrons. The number of alkyl carbamates (subject to hydrolysis) is 1. The van der Waals surface area contributed by atoms with E-state index in [0.29, 0.717) is 10.9 Å². The van der Waals surface area contributed by atoms with Gasteiger partial charge in [0.05, 0.1) is 0 Å². The summed E-state index contributed by atoms with van der Waals surface area (Å²) in [5.74, 6) is 0. The molecule has 0 radical (unpaired) electrons. The van der Waals surface area contributed by atoms with Gasteiger partial charge in [-0.25, -0.2) is 17.9 Å². The first-order valence-corrected chi connectivity index (χ1v) is 10.5. The molecule has 7 nitrogen and oxygen atoms in total. The molecule has 0 aliphatic heterocycles. The highest BCUT2D eigenvalue weighted by atomic mass is 79.9. The number of pyridine rings is 1. The fourth-order valence-corrected chi connectivity index (χ4v) is 4.52. The largest absolute Gasteiger partial charge is 0.444 e. The summed E-state index contributed by atoms with van der Waals surface area (Å²) >= 11 is 3.22. The number of nitrogens with zero attached hydrogens (tertiary/aromatic N) is 1. The molecule has 1 aromatic heterocycles. The van der Waals surface area contributed by atoms with Gasteiger partial charge in [-0.2, -0.15) is 0 Å². The number of nitrogens with one attached hydrogen (secondary N) is 2. The van der Waals surface area contributed by atoms with Gasteiger partial charge in [-0.1, -0.05) is 0 Å². The predicted molar refractivity (Wildman–Crippen MR) is 97.7 cm³/mol. The van der Waals surface area contributed by atoms with Crippen molar-refractivity contribution in [3.05, 3.63) is 22.9 Å².